The smallest absolute Gasteiger partial charge is 0.151 e. The van der Waals surface area contributed by atoms with E-state index >= 15 is 0 Å². The molecule has 116 valence electrons. The summed E-state index contributed by atoms with van der Waals surface area (Å²) in [6, 6.07) is 25.2. The fourth-order valence-electron chi connectivity index (χ4n) is 3.13. The summed E-state index contributed by atoms with van der Waals surface area (Å²) in [4.78, 5) is 11.3. The van der Waals surface area contributed by atoms with Crippen molar-refractivity contribution < 1.29 is 4.79 Å². The van der Waals surface area contributed by atoms with Gasteiger partial charge in [-0.3, -0.25) is 4.79 Å². The van der Waals surface area contributed by atoms with Crippen LogP contribution in [0, 0.1) is 0 Å². The summed E-state index contributed by atoms with van der Waals surface area (Å²) in [6.45, 7) is 0. The van der Waals surface area contributed by atoms with Crippen molar-refractivity contribution in [3.63, 3.8) is 0 Å². The lowest BCUT2D eigenvalue weighted by molar-refractivity contribution is 0.112. The molecule has 1 heterocycles. The van der Waals surface area contributed by atoms with Crippen LogP contribution >= 0.6 is 11.3 Å². The van der Waals surface area contributed by atoms with Crippen molar-refractivity contribution in [1.29, 1.82) is 0 Å². The highest BCUT2D eigenvalue weighted by molar-refractivity contribution is 7.17. The predicted molar refractivity (Wildman–Crippen MR) is 102 cm³/mol. The fourth-order valence-corrected chi connectivity index (χ4v) is 4.20. The second-order valence-electron chi connectivity index (χ2n) is 5.81. The van der Waals surface area contributed by atoms with Gasteiger partial charge in [-0.05, 0) is 28.7 Å². The molecule has 0 aliphatic rings. The van der Waals surface area contributed by atoms with Crippen molar-refractivity contribution in [2.24, 2.45) is 0 Å². The van der Waals surface area contributed by atoms with E-state index < -0.39 is 0 Å². The van der Waals surface area contributed by atoms with Gasteiger partial charge in [0.05, 0.1) is 0 Å². The molecule has 0 N–H and O–H groups in total. The number of aldehydes is 1. The van der Waals surface area contributed by atoms with Crippen LogP contribution in [0.2, 0.25) is 0 Å². The number of thiophene rings is 1. The number of carbonyl (C=O) groups is 1. The Morgan fingerprint density at radius 2 is 1.54 bits per heavy atom. The van der Waals surface area contributed by atoms with Gasteiger partial charge in [0.25, 0.3) is 0 Å². The standard InChI is InChI=1S/C22H16OS/c23-14-18-15-24-22-20(18)12-11-19(17-9-5-2-6-10-17)21(22)13-16-7-3-1-4-8-16/h1-12,14-15H,13H2. The summed E-state index contributed by atoms with van der Waals surface area (Å²) in [5.41, 5.74) is 5.81. The first-order valence-corrected chi connectivity index (χ1v) is 8.82. The lowest BCUT2D eigenvalue weighted by Crippen LogP contribution is -1.93. The molecule has 2 heteroatoms. The molecule has 4 rings (SSSR count). The van der Waals surface area contributed by atoms with E-state index in [4.69, 9.17) is 0 Å². The Labute approximate surface area is 145 Å². The maximum Gasteiger partial charge on any atom is 0.151 e. The van der Waals surface area contributed by atoms with Crippen molar-refractivity contribution in [2.45, 2.75) is 6.42 Å². The van der Waals surface area contributed by atoms with E-state index in [-0.39, 0.29) is 0 Å². The normalized spacial score (nSPS) is 10.8. The minimum absolute atomic E-state index is 0.781. The average Bonchev–Trinajstić information content (AvgIpc) is 3.07. The van der Waals surface area contributed by atoms with Crippen LogP contribution in [0.3, 0.4) is 0 Å². The van der Waals surface area contributed by atoms with E-state index in [1.807, 2.05) is 17.5 Å². The molecule has 0 spiro atoms. The maximum absolute atomic E-state index is 11.3. The molecule has 0 atom stereocenters. The van der Waals surface area contributed by atoms with Crippen LogP contribution in [-0.2, 0) is 6.42 Å². The van der Waals surface area contributed by atoms with Crippen LogP contribution in [0.4, 0.5) is 0 Å². The molecule has 0 radical (unpaired) electrons. The molecule has 4 aromatic rings. The third kappa shape index (κ3) is 2.66. The summed E-state index contributed by atoms with van der Waals surface area (Å²) in [5.74, 6) is 0. The first-order chi connectivity index (χ1) is 11.9. The molecule has 3 aromatic carbocycles. The van der Waals surface area contributed by atoms with E-state index in [0.717, 1.165) is 23.7 Å². The largest absolute Gasteiger partial charge is 0.298 e. The lowest BCUT2D eigenvalue weighted by Gasteiger charge is -2.12. The van der Waals surface area contributed by atoms with E-state index in [9.17, 15) is 4.79 Å². The number of rotatable bonds is 4. The van der Waals surface area contributed by atoms with Gasteiger partial charge in [-0.1, -0.05) is 72.8 Å². The molecule has 1 nitrogen and oxygen atoms in total. The summed E-state index contributed by atoms with van der Waals surface area (Å²) >= 11 is 1.66. The van der Waals surface area contributed by atoms with Gasteiger partial charge in [-0.2, -0.15) is 0 Å². The van der Waals surface area contributed by atoms with Crippen molar-refractivity contribution in [3.8, 4) is 11.1 Å². The molecule has 0 aliphatic carbocycles. The van der Waals surface area contributed by atoms with Crippen LogP contribution in [0.25, 0.3) is 21.2 Å². The Morgan fingerprint density at radius 3 is 2.25 bits per heavy atom. The van der Waals surface area contributed by atoms with Gasteiger partial charge in [-0.15, -0.1) is 11.3 Å². The van der Waals surface area contributed by atoms with Crippen molar-refractivity contribution in [3.05, 3.63) is 94.9 Å². The number of carbonyl (C=O) groups excluding carboxylic acids is 1. The van der Waals surface area contributed by atoms with Crippen LogP contribution in [0.15, 0.2) is 78.2 Å². The lowest BCUT2D eigenvalue weighted by atomic mass is 9.93. The summed E-state index contributed by atoms with van der Waals surface area (Å²) in [6.07, 6.45) is 1.81. The molecule has 0 aliphatic heterocycles. The molecule has 24 heavy (non-hydrogen) atoms. The van der Waals surface area contributed by atoms with E-state index in [1.165, 1.54) is 27.0 Å². The van der Waals surface area contributed by atoms with Crippen LogP contribution < -0.4 is 0 Å². The highest BCUT2D eigenvalue weighted by atomic mass is 32.1. The topological polar surface area (TPSA) is 17.1 Å². The van der Waals surface area contributed by atoms with Crippen LogP contribution in [0.5, 0.6) is 0 Å². The Balaban J connectivity index is 1.95. The van der Waals surface area contributed by atoms with Crippen LogP contribution in [0.1, 0.15) is 21.5 Å². The van der Waals surface area contributed by atoms with Crippen molar-refractivity contribution in [1.82, 2.24) is 0 Å². The van der Waals surface area contributed by atoms with Gasteiger partial charge < -0.3 is 0 Å². The van der Waals surface area contributed by atoms with Gasteiger partial charge in [0.1, 0.15) is 0 Å². The zero-order valence-electron chi connectivity index (χ0n) is 13.1. The molecule has 0 bridgehead atoms. The number of fused-ring (bicyclic) bond motifs is 1. The molecular weight excluding hydrogens is 312 g/mol. The first-order valence-electron chi connectivity index (χ1n) is 7.94. The fraction of sp³-hybridized carbons (Fsp3) is 0.0455. The summed E-state index contributed by atoms with van der Waals surface area (Å²) in [5, 5.41) is 3.02. The van der Waals surface area contributed by atoms with E-state index in [2.05, 4.69) is 60.7 Å². The molecule has 0 fully saturated rings. The molecular formula is C22H16OS. The average molecular weight is 328 g/mol. The second kappa shape index (κ2) is 6.42. The van der Waals surface area contributed by atoms with Gasteiger partial charge in [0.2, 0.25) is 0 Å². The summed E-state index contributed by atoms with van der Waals surface area (Å²) < 4.78 is 1.21. The minimum Gasteiger partial charge on any atom is -0.298 e. The molecule has 0 saturated carbocycles. The maximum atomic E-state index is 11.3. The Morgan fingerprint density at radius 1 is 0.833 bits per heavy atom. The van der Waals surface area contributed by atoms with Gasteiger partial charge in [-0.25, -0.2) is 0 Å². The van der Waals surface area contributed by atoms with Gasteiger partial charge in [0.15, 0.2) is 6.29 Å². The Kier molecular flexibility index (Phi) is 3.97. The Hall–Kier alpha value is -2.71. The number of benzene rings is 3. The quantitative estimate of drug-likeness (QED) is 0.422. The number of hydrogen-bond acceptors (Lipinski definition) is 2. The van der Waals surface area contributed by atoms with E-state index in [0.29, 0.717) is 0 Å². The van der Waals surface area contributed by atoms with Crippen molar-refractivity contribution in [2.75, 3.05) is 0 Å². The first kappa shape index (κ1) is 14.9. The minimum atomic E-state index is 0.781. The SMILES string of the molecule is O=Cc1csc2c(Cc3ccccc3)c(-c3ccccc3)ccc12. The third-order valence-electron chi connectivity index (χ3n) is 4.31. The molecule has 0 amide bonds. The van der Waals surface area contributed by atoms with Crippen LogP contribution in [-0.4, -0.2) is 6.29 Å². The zero-order chi connectivity index (χ0) is 16.4. The monoisotopic (exact) mass is 328 g/mol. The highest BCUT2D eigenvalue weighted by Crippen LogP contribution is 2.36. The zero-order valence-corrected chi connectivity index (χ0v) is 13.9. The molecule has 0 unspecified atom stereocenters. The second-order valence-corrected chi connectivity index (χ2v) is 6.69. The molecule has 0 saturated heterocycles. The predicted octanol–water partition coefficient (Wildman–Crippen LogP) is 5.97. The van der Waals surface area contributed by atoms with Gasteiger partial charge in [0, 0.05) is 21.0 Å². The van der Waals surface area contributed by atoms with Gasteiger partial charge >= 0.3 is 0 Å². The van der Waals surface area contributed by atoms with Crippen molar-refractivity contribution >= 4 is 27.7 Å². The highest BCUT2D eigenvalue weighted by Gasteiger charge is 2.14. The number of hydrogen-bond donors (Lipinski definition) is 0. The summed E-state index contributed by atoms with van der Waals surface area (Å²) in [7, 11) is 0. The third-order valence-corrected chi connectivity index (χ3v) is 5.38. The van der Waals surface area contributed by atoms with E-state index in [1.54, 1.807) is 11.3 Å². The Bertz CT molecular complexity index is 985. The molecule has 1 aromatic heterocycles.